The molecule has 6 rings (SSSR count). The van der Waals surface area contributed by atoms with Gasteiger partial charge in [0.25, 0.3) is 5.91 Å². The van der Waals surface area contributed by atoms with Crippen LogP contribution in [0.2, 0.25) is 0 Å². The van der Waals surface area contributed by atoms with E-state index in [-0.39, 0.29) is 36.6 Å². The van der Waals surface area contributed by atoms with Gasteiger partial charge in [-0.2, -0.15) is 0 Å². The van der Waals surface area contributed by atoms with E-state index in [0.29, 0.717) is 30.1 Å². The van der Waals surface area contributed by atoms with Gasteiger partial charge in [-0.3, -0.25) is 29.4 Å². The zero-order chi connectivity index (χ0) is 24.8. The van der Waals surface area contributed by atoms with Crippen LogP contribution in [-0.2, 0) is 34.1 Å². The highest BCUT2D eigenvalue weighted by Gasteiger charge is 2.41. The number of carbonyl (C=O) groups is 4. The first-order valence-electron chi connectivity index (χ1n) is 12.7. The number of imide groups is 1. The van der Waals surface area contributed by atoms with Gasteiger partial charge in [0.15, 0.2) is 0 Å². The fourth-order valence-electron chi connectivity index (χ4n) is 6.06. The first-order chi connectivity index (χ1) is 17.5. The Morgan fingerprint density at radius 1 is 0.889 bits per heavy atom. The van der Waals surface area contributed by atoms with Crippen LogP contribution in [0, 0.1) is 11.8 Å². The minimum absolute atomic E-state index is 0.206. The van der Waals surface area contributed by atoms with Gasteiger partial charge in [0.1, 0.15) is 24.2 Å². The lowest BCUT2D eigenvalue weighted by atomic mass is 9.96. The Kier molecular flexibility index (Phi) is 5.84. The van der Waals surface area contributed by atoms with E-state index in [1.54, 1.807) is 12.1 Å². The summed E-state index contributed by atoms with van der Waals surface area (Å²) in [6, 6.07) is 13.1. The first kappa shape index (κ1) is 22.9. The third-order valence-corrected chi connectivity index (χ3v) is 7.99. The van der Waals surface area contributed by atoms with Crippen molar-refractivity contribution in [1.29, 1.82) is 0 Å². The van der Waals surface area contributed by atoms with Gasteiger partial charge in [0.2, 0.25) is 11.8 Å². The lowest BCUT2D eigenvalue weighted by molar-refractivity contribution is -0.137. The number of piperidine rings is 2. The van der Waals surface area contributed by atoms with Crippen molar-refractivity contribution in [2.75, 3.05) is 13.1 Å². The summed E-state index contributed by atoms with van der Waals surface area (Å²) < 4.78 is 6.12. The molecule has 1 saturated carbocycles. The number of benzene rings is 2. The third-order valence-electron chi connectivity index (χ3n) is 7.99. The van der Waals surface area contributed by atoms with Crippen LogP contribution in [0.15, 0.2) is 42.5 Å². The van der Waals surface area contributed by atoms with Crippen LogP contribution >= 0.6 is 0 Å². The van der Waals surface area contributed by atoms with Crippen molar-refractivity contribution in [3.05, 3.63) is 64.7 Å². The Hall–Kier alpha value is -3.52. The van der Waals surface area contributed by atoms with Gasteiger partial charge < -0.3 is 9.64 Å². The molecule has 2 aromatic carbocycles. The normalized spacial score (nSPS) is 25.8. The fourth-order valence-corrected chi connectivity index (χ4v) is 6.06. The molecule has 8 heteroatoms. The van der Waals surface area contributed by atoms with Crippen molar-refractivity contribution in [2.45, 2.75) is 51.4 Å². The number of rotatable bonds is 6. The van der Waals surface area contributed by atoms with Crippen LogP contribution in [0.25, 0.3) is 0 Å². The Bertz CT molecular complexity index is 1220. The first-order valence-corrected chi connectivity index (χ1v) is 12.7. The number of amides is 3. The highest BCUT2D eigenvalue weighted by Crippen LogP contribution is 2.35. The van der Waals surface area contributed by atoms with Crippen molar-refractivity contribution in [3.63, 3.8) is 0 Å². The maximum atomic E-state index is 13.0. The highest BCUT2D eigenvalue weighted by atomic mass is 16.5. The molecule has 2 aromatic rings. The number of fused-ring (bicyclic) bond motifs is 3. The zero-order valence-corrected chi connectivity index (χ0v) is 20.1. The predicted octanol–water partition coefficient (Wildman–Crippen LogP) is 2.44. The molecule has 0 aromatic heterocycles. The molecular formula is C28H29N3O5. The second-order valence-electron chi connectivity index (χ2n) is 10.4. The topological polar surface area (TPSA) is 96.0 Å². The minimum atomic E-state index is -0.642. The third kappa shape index (κ3) is 4.19. The van der Waals surface area contributed by atoms with Crippen LogP contribution in [0.3, 0.4) is 0 Å². The van der Waals surface area contributed by atoms with Crippen LogP contribution < -0.4 is 10.1 Å². The standard InChI is InChI=1S/C28H29N3O5/c32-25-11-10-23(27(34)29-25)31-15-22-21(28(31)35)2-1-3-24(22)36-16-18-6-4-17(5-7-18)12-30-13-19-8-9-20(14-30)26(19)33/h1-7,19-20,23H,8-16H2,(H,29,32,34). The molecule has 2 bridgehead atoms. The quantitative estimate of drug-likeness (QED) is 0.629. The molecular weight excluding hydrogens is 458 g/mol. The van der Waals surface area contributed by atoms with E-state index < -0.39 is 11.9 Å². The van der Waals surface area contributed by atoms with Gasteiger partial charge in [-0.1, -0.05) is 30.3 Å². The molecule has 8 nitrogen and oxygen atoms in total. The van der Waals surface area contributed by atoms with Crippen molar-refractivity contribution >= 4 is 23.5 Å². The summed E-state index contributed by atoms with van der Waals surface area (Å²) in [6.07, 6.45) is 2.64. The van der Waals surface area contributed by atoms with Crippen molar-refractivity contribution in [3.8, 4) is 5.75 Å². The Balaban J connectivity index is 1.08. The number of nitrogens with one attached hydrogen (secondary N) is 1. The van der Waals surface area contributed by atoms with Crippen molar-refractivity contribution in [1.82, 2.24) is 15.1 Å². The fraction of sp³-hybridized carbons (Fsp3) is 0.429. The molecule has 3 amide bonds. The maximum Gasteiger partial charge on any atom is 0.255 e. The second-order valence-corrected chi connectivity index (χ2v) is 10.4. The van der Waals surface area contributed by atoms with E-state index in [0.717, 1.165) is 43.6 Å². The summed E-state index contributed by atoms with van der Waals surface area (Å²) >= 11 is 0. The predicted molar refractivity (Wildman–Crippen MR) is 130 cm³/mol. The lowest BCUT2D eigenvalue weighted by Crippen LogP contribution is -2.52. The van der Waals surface area contributed by atoms with E-state index in [1.807, 2.05) is 6.07 Å². The number of Topliss-reactive ketones (excluding diaryl/α,β-unsaturated/α-hetero) is 1. The molecule has 3 atom stereocenters. The SMILES string of the molecule is O=C1CCC(N2Cc3c(OCc4ccc(CN5CC6CCC(C5)C6=O)cc4)cccc3C2=O)C(=O)N1. The second kappa shape index (κ2) is 9.17. The van der Waals surface area contributed by atoms with E-state index in [1.165, 1.54) is 10.5 Å². The van der Waals surface area contributed by atoms with Gasteiger partial charge >= 0.3 is 0 Å². The number of nitrogens with zero attached hydrogens (tertiary/aromatic N) is 2. The van der Waals surface area contributed by atoms with E-state index in [4.69, 9.17) is 4.74 Å². The summed E-state index contributed by atoms with van der Waals surface area (Å²) in [5.74, 6) is 0.624. The van der Waals surface area contributed by atoms with Crippen LogP contribution in [-0.4, -0.2) is 52.4 Å². The smallest absolute Gasteiger partial charge is 0.255 e. The van der Waals surface area contributed by atoms with Gasteiger partial charge in [-0.15, -0.1) is 0 Å². The average Bonchev–Trinajstić information content (AvgIpc) is 3.29. The number of hydrogen-bond donors (Lipinski definition) is 1. The molecule has 2 saturated heterocycles. The molecule has 1 aliphatic carbocycles. The summed E-state index contributed by atoms with van der Waals surface area (Å²) in [4.78, 5) is 52.9. The number of ketones is 1. The van der Waals surface area contributed by atoms with Gasteiger partial charge in [-0.05, 0) is 42.5 Å². The zero-order valence-electron chi connectivity index (χ0n) is 20.1. The maximum absolute atomic E-state index is 13.0. The van der Waals surface area contributed by atoms with Crippen molar-refractivity contribution < 1.29 is 23.9 Å². The summed E-state index contributed by atoms with van der Waals surface area (Å²) in [6.45, 7) is 3.25. The molecule has 186 valence electrons. The Morgan fingerprint density at radius 3 is 2.33 bits per heavy atom. The van der Waals surface area contributed by atoms with E-state index in [2.05, 4.69) is 34.5 Å². The van der Waals surface area contributed by atoms with Crippen molar-refractivity contribution in [2.24, 2.45) is 11.8 Å². The monoisotopic (exact) mass is 487 g/mol. The minimum Gasteiger partial charge on any atom is -0.489 e. The van der Waals surface area contributed by atoms with E-state index >= 15 is 0 Å². The number of carbonyl (C=O) groups excluding carboxylic acids is 4. The molecule has 1 N–H and O–H groups in total. The molecule has 36 heavy (non-hydrogen) atoms. The largest absolute Gasteiger partial charge is 0.489 e. The molecule has 3 unspecified atom stereocenters. The number of likely N-dealkylation sites (tertiary alicyclic amines) is 1. The summed E-state index contributed by atoms with van der Waals surface area (Å²) in [5, 5.41) is 2.33. The molecule has 0 spiro atoms. The average molecular weight is 488 g/mol. The molecule has 3 aliphatic heterocycles. The molecule has 0 radical (unpaired) electrons. The summed E-state index contributed by atoms with van der Waals surface area (Å²) in [5.41, 5.74) is 3.56. The highest BCUT2D eigenvalue weighted by molar-refractivity contribution is 6.05. The Labute approximate surface area is 209 Å². The van der Waals surface area contributed by atoms with E-state index in [9.17, 15) is 19.2 Å². The number of ether oxygens (including phenoxy) is 1. The molecule has 3 fully saturated rings. The van der Waals surface area contributed by atoms with Crippen LogP contribution in [0.4, 0.5) is 0 Å². The lowest BCUT2D eigenvalue weighted by Gasteiger charge is -2.30. The van der Waals surface area contributed by atoms with Crippen LogP contribution in [0.1, 0.15) is 52.7 Å². The Morgan fingerprint density at radius 2 is 1.61 bits per heavy atom. The number of hydrogen-bond acceptors (Lipinski definition) is 6. The van der Waals surface area contributed by atoms with Gasteiger partial charge in [0, 0.05) is 49.0 Å². The molecule has 3 heterocycles. The van der Waals surface area contributed by atoms with Crippen LogP contribution in [0.5, 0.6) is 5.75 Å². The van der Waals surface area contributed by atoms with Gasteiger partial charge in [0.05, 0.1) is 6.54 Å². The summed E-state index contributed by atoms with van der Waals surface area (Å²) in [7, 11) is 0. The van der Waals surface area contributed by atoms with Gasteiger partial charge in [-0.25, -0.2) is 0 Å². The molecule has 4 aliphatic rings.